The molecule has 1 heterocycles. The van der Waals surface area contributed by atoms with Crippen molar-refractivity contribution in [1.29, 1.82) is 0 Å². The average Bonchev–Trinajstić information content (AvgIpc) is 3.26. The number of hydrogen-bond donors (Lipinski definition) is 0. The van der Waals surface area contributed by atoms with Crippen molar-refractivity contribution in [2.24, 2.45) is 0 Å². The molecule has 0 aromatic heterocycles. The number of hydrogen-bond acceptors (Lipinski definition) is 3. The molecule has 204 valence electrons. The molecule has 0 spiro atoms. The molecule has 0 unspecified atom stereocenters. The quantitative estimate of drug-likeness (QED) is 0.136. The molecule has 0 saturated heterocycles. The van der Waals surface area contributed by atoms with Gasteiger partial charge in [-0.25, -0.2) is 0 Å². The molecular weight excluding hydrogens is 511 g/mol. The SMILES string of the molecule is CCCCC1=C(CCCC)[P@@](=O)(c2ccccc2)c2c1ccc1c3cc(OC)c(OC)cc3c3ccccc3c21. The Morgan fingerprint density at radius 2 is 1.23 bits per heavy atom. The van der Waals surface area contributed by atoms with E-state index in [2.05, 4.69) is 74.5 Å². The van der Waals surface area contributed by atoms with Gasteiger partial charge in [-0.05, 0) is 75.9 Å². The second-order valence-electron chi connectivity index (χ2n) is 10.8. The van der Waals surface area contributed by atoms with Crippen molar-refractivity contribution in [2.45, 2.75) is 52.4 Å². The van der Waals surface area contributed by atoms with Crippen LogP contribution in [0, 0.1) is 0 Å². The average molecular weight is 549 g/mol. The lowest BCUT2D eigenvalue weighted by Gasteiger charge is -2.22. The second-order valence-corrected chi connectivity index (χ2v) is 13.5. The van der Waals surface area contributed by atoms with Crippen LogP contribution in [0.5, 0.6) is 11.5 Å². The molecule has 0 N–H and O–H groups in total. The van der Waals surface area contributed by atoms with E-state index in [1.165, 1.54) is 16.5 Å². The minimum atomic E-state index is -3.09. The Balaban J connectivity index is 1.81. The fourth-order valence-electron chi connectivity index (χ4n) is 6.61. The van der Waals surface area contributed by atoms with Gasteiger partial charge in [0.25, 0.3) is 0 Å². The monoisotopic (exact) mass is 548 g/mol. The van der Waals surface area contributed by atoms with Gasteiger partial charge in [-0.2, -0.15) is 0 Å². The Bertz CT molecular complexity index is 1820. The first-order valence-electron chi connectivity index (χ1n) is 14.5. The molecule has 1 atom stereocenters. The van der Waals surface area contributed by atoms with E-state index in [4.69, 9.17) is 9.47 Å². The molecule has 0 bridgehead atoms. The molecular formula is C36H37O3P. The van der Waals surface area contributed by atoms with Crippen LogP contribution in [0.1, 0.15) is 57.9 Å². The van der Waals surface area contributed by atoms with E-state index in [1.807, 2.05) is 18.2 Å². The first-order valence-corrected chi connectivity index (χ1v) is 16.2. The standard InChI is InChI=1S/C36H37O3P/c1-5-7-16-26-29-21-20-28-31-23-33(39-4)32(38-3)22-30(31)25-17-12-13-18-27(25)35(28)36(29)40(37,34(26)19-8-6-2)24-14-10-9-11-15-24/h9-15,17-18,20-23H,5-8,16,19H2,1-4H3/t40-/m0/s1. The summed E-state index contributed by atoms with van der Waals surface area (Å²) in [5.41, 5.74) is 2.50. The summed E-state index contributed by atoms with van der Waals surface area (Å²) in [6.07, 6.45) is 6.14. The normalized spacial score (nSPS) is 16.7. The summed E-state index contributed by atoms with van der Waals surface area (Å²) in [6.45, 7) is 4.46. The van der Waals surface area contributed by atoms with Crippen molar-refractivity contribution in [3.8, 4) is 11.5 Å². The Morgan fingerprint density at radius 3 is 1.88 bits per heavy atom. The maximum absolute atomic E-state index is 16.0. The smallest absolute Gasteiger partial charge is 0.168 e. The van der Waals surface area contributed by atoms with Crippen LogP contribution in [0.3, 0.4) is 0 Å². The molecule has 0 radical (unpaired) electrons. The number of rotatable bonds is 9. The molecule has 40 heavy (non-hydrogen) atoms. The summed E-state index contributed by atoms with van der Waals surface area (Å²) in [5.74, 6) is 1.41. The van der Waals surface area contributed by atoms with Gasteiger partial charge in [0.15, 0.2) is 18.6 Å². The number of fused-ring (bicyclic) bond motifs is 8. The fourth-order valence-corrected chi connectivity index (χ4v) is 10.2. The molecule has 1 aliphatic rings. The minimum Gasteiger partial charge on any atom is -0.493 e. The van der Waals surface area contributed by atoms with Crippen LogP contribution in [0.4, 0.5) is 0 Å². The lowest BCUT2D eigenvalue weighted by molar-refractivity contribution is 0.356. The highest BCUT2D eigenvalue weighted by Crippen LogP contribution is 2.64. The highest BCUT2D eigenvalue weighted by molar-refractivity contribution is 7.83. The lowest BCUT2D eigenvalue weighted by Crippen LogP contribution is -2.17. The largest absolute Gasteiger partial charge is 0.493 e. The molecule has 6 rings (SSSR count). The van der Waals surface area contributed by atoms with E-state index < -0.39 is 7.14 Å². The first-order chi connectivity index (χ1) is 19.6. The van der Waals surface area contributed by atoms with Crippen LogP contribution < -0.4 is 20.1 Å². The number of methoxy groups -OCH3 is 2. The van der Waals surface area contributed by atoms with Crippen LogP contribution in [-0.4, -0.2) is 14.2 Å². The maximum atomic E-state index is 16.0. The van der Waals surface area contributed by atoms with Gasteiger partial charge in [0.05, 0.1) is 14.2 Å². The fraction of sp³-hybridized carbons (Fsp3) is 0.278. The molecule has 0 amide bonds. The zero-order chi connectivity index (χ0) is 27.9. The first kappa shape index (κ1) is 26.7. The third-order valence-corrected chi connectivity index (χ3v) is 11.9. The molecule has 5 aromatic rings. The highest BCUT2D eigenvalue weighted by Gasteiger charge is 2.43. The second kappa shape index (κ2) is 10.8. The summed E-state index contributed by atoms with van der Waals surface area (Å²) < 4.78 is 27.4. The Kier molecular flexibility index (Phi) is 7.19. The van der Waals surface area contributed by atoms with Crippen molar-refractivity contribution in [3.63, 3.8) is 0 Å². The predicted molar refractivity (Wildman–Crippen MR) is 171 cm³/mol. The summed E-state index contributed by atoms with van der Waals surface area (Å²) in [4.78, 5) is 0. The summed E-state index contributed by atoms with van der Waals surface area (Å²) in [6, 6.07) is 27.5. The Morgan fingerprint density at radius 1 is 0.650 bits per heavy atom. The molecule has 0 fully saturated rings. The van der Waals surface area contributed by atoms with Crippen molar-refractivity contribution in [1.82, 2.24) is 0 Å². The molecule has 1 aliphatic heterocycles. The van der Waals surface area contributed by atoms with Gasteiger partial charge in [-0.1, -0.05) is 93.4 Å². The Hall–Kier alpha value is -3.55. The number of allylic oxidation sites excluding steroid dienone is 2. The van der Waals surface area contributed by atoms with E-state index in [9.17, 15) is 0 Å². The van der Waals surface area contributed by atoms with Crippen molar-refractivity contribution >= 4 is 55.6 Å². The van der Waals surface area contributed by atoms with Gasteiger partial charge in [0.1, 0.15) is 0 Å². The van der Waals surface area contributed by atoms with Gasteiger partial charge in [0, 0.05) is 21.3 Å². The van der Waals surface area contributed by atoms with E-state index in [0.717, 1.165) is 81.5 Å². The molecule has 4 heteroatoms. The maximum Gasteiger partial charge on any atom is 0.168 e. The molecule has 5 aromatic carbocycles. The topological polar surface area (TPSA) is 35.5 Å². The summed E-state index contributed by atoms with van der Waals surface area (Å²) in [7, 11) is 0.270. The van der Waals surface area contributed by atoms with Crippen molar-refractivity contribution in [3.05, 3.63) is 89.7 Å². The number of ether oxygens (including phenoxy) is 2. The van der Waals surface area contributed by atoms with Gasteiger partial charge in [-0.3, -0.25) is 0 Å². The van der Waals surface area contributed by atoms with E-state index in [-0.39, 0.29) is 0 Å². The molecule has 0 saturated carbocycles. The Labute approximate surface area is 237 Å². The predicted octanol–water partition coefficient (Wildman–Crippen LogP) is 9.58. The van der Waals surface area contributed by atoms with Crippen molar-refractivity contribution < 1.29 is 14.0 Å². The number of benzene rings is 5. The van der Waals surface area contributed by atoms with E-state index >= 15 is 4.57 Å². The van der Waals surface area contributed by atoms with Crippen molar-refractivity contribution in [2.75, 3.05) is 14.2 Å². The lowest BCUT2D eigenvalue weighted by atomic mass is 9.90. The zero-order valence-electron chi connectivity index (χ0n) is 23.9. The molecule has 0 aliphatic carbocycles. The third-order valence-electron chi connectivity index (χ3n) is 8.51. The highest BCUT2D eigenvalue weighted by atomic mass is 31.2. The zero-order valence-corrected chi connectivity index (χ0v) is 24.8. The van der Waals surface area contributed by atoms with Gasteiger partial charge in [0.2, 0.25) is 0 Å². The van der Waals surface area contributed by atoms with Gasteiger partial charge < -0.3 is 14.0 Å². The van der Waals surface area contributed by atoms with E-state index in [1.54, 1.807) is 14.2 Å². The summed E-state index contributed by atoms with van der Waals surface area (Å²) >= 11 is 0. The van der Waals surface area contributed by atoms with Gasteiger partial charge >= 0.3 is 0 Å². The minimum absolute atomic E-state index is 0.698. The van der Waals surface area contributed by atoms with Crippen LogP contribution in [0.15, 0.2) is 84.2 Å². The van der Waals surface area contributed by atoms with Gasteiger partial charge in [-0.15, -0.1) is 0 Å². The van der Waals surface area contributed by atoms with Crippen LogP contribution >= 0.6 is 7.14 Å². The third kappa shape index (κ3) is 3.98. The van der Waals surface area contributed by atoms with Crippen LogP contribution in [0.2, 0.25) is 0 Å². The molecule has 3 nitrogen and oxygen atoms in total. The van der Waals surface area contributed by atoms with E-state index in [0.29, 0.717) is 11.5 Å². The number of unbranched alkanes of at least 4 members (excludes halogenated alkanes) is 2. The van der Waals surface area contributed by atoms with Crippen LogP contribution in [-0.2, 0) is 4.57 Å². The van der Waals surface area contributed by atoms with Crippen LogP contribution in [0.25, 0.3) is 37.9 Å². The summed E-state index contributed by atoms with van der Waals surface area (Å²) in [5, 5.41) is 9.83.